The molecule has 0 amide bonds. The summed E-state index contributed by atoms with van der Waals surface area (Å²) < 4.78 is 25.0. The van der Waals surface area contributed by atoms with E-state index in [0.717, 1.165) is 12.8 Å². The third-order valence-corrected chi connectivity index (χ3v) is 3.41. The molecule has 3 atom stereocenters. The smallest absolute Gasteiger partial charge is 0.124 e. The first-order valence-corrected chi connectivity index (χ1v) is 6.83. The van der Waals surface area contributed by atoms with Crippen molar-refractivity contribution in [3.63, 3.8) is 0 Å². The lowest BCUT2D eigenvalue weighted by Crippen LogP contribution is -2.36. The molecule has 3 nitrogen and oxygen atoms in total. The second-order valence-corrected chi connectivity index (χ2v) is 5.44. The molecule has 2 unspecified atom stereocenters. The molecule has 4 heteroatoms. The number of rotatable bonds is 3. The van der Waals surface area contributed by atoms with Gasteiger partial charge in [-0.25, -0.2) is 4.39 Å². The minimum absolute atomic E-state index is 0.0988. The van der Waals surface area contributed by atoms with E-state index in [4.69, 9.17) is 15.2 Å². The van der Waals surface area contributed by atoms with Crippen molar-refractivity contribution in [1.29, 1.82) is 0 Å². The summed E-state index contributed by atoms with van der Waals surface area (Å²) in [4.78, 5) is 0. The quantitative estimate of drug-likeness (QED) is 0.914. The predicted molar refractivity (Wildman–Crippen MR) is 72.7 cm³/mol. The van der Waals surface area contributed by atoms with Crippen molar-refractivity contribution in [3.8, 4) is 5.75 Å². The lowest BCUT2D eigenvalue weighted by molar-refractivity contribution is -0.0723. The van der Waals surface area contributed by atoms with E-state index in [0.29, 0.717) is 11.3 Å². The molecule has 1 saturated heterocycles. The van der Waals surface area contributed by atoms with Gasteiger partial charge in [-0.05, 0) is 39.0 Å². The van der Waals surface area contributed by atoms with Crippen LogP contribution in [-0.2, 0) is 4.74 Å². The van der Waals surface area contributed by atoms with Gasteiger partial charge in [0.05, 0.1) is 12.2 Å². The predicted octanol–water partition coefficient (Wildman–Crippen LogP) is 3.18. The lowest BCUT2D eigenvalue weighted by Gasteiger charge is -2.33. The average Bonchev–Trinajstić information content (AvgIpc) is 2.30. The minimum atomic E-state index is -0.284. The number of ether oxygens (including phenoxy) is 2. The van der Waals surface area contributed by atoms with Gasteiger partial charge in [0.1, 0.15) is 17.7 Å². The molecule has 1 aliphatic rings. The molecule has 0 bridgehead atoms. The molecule has 1 aromatic rings. The maximum Gasteiger partial charge on any atom is 0.124 e. The molecule has 0 radical (unpaired) electrons. The number of benzene rings is 1. The molecule has 0 aromatic heterocycles. The molecular formula is C15H22FNO2. The fourth-order valence-corrected chi connectivity index (χ4v) is 2.60. The van der Waals surface area contributed by atoms with Gasteiger partial charge in [0.2, 0.25) is 0 Å². The molecule has 106 valence electrons. The van der Waals surface area contributed by atoms with Crippen molar-refractivity contribution in [3.05, 3.63) is 29.6 Å². The Morgan fingerprint density at radius 1 is 1.32 bits per heavy atom. The van der Waals surface area contributed by atoms with Crippen LogP contribution in [0.1, 0.15) is 45.2 Å². The Morgan fingerprint density at radius 3 is 2.53 bits per heavy atom. The Hall–Kier alpha value is -1.13. The van der Waals surface area contributed by atoms with Gasteiger partial charge in [-0.15, -0.1) is 0 Å². The highest BCUT2D eigenvalue weighted by Crippen LogP contribution is 2.29. The van der Waals surface area contributed by atoms with Crippen LogP contribution in [0, 0.1) is 5.82 Å². The minimum Gasteiger partial charge on any atom is -0.490 e. The van der Waals surface area contributed by atoms with Crippen molar-refractivity contribution in [2.24, 2.45) is 5.73 Å². The van der Waals surface area contributed by atoms with E-state index in [1.807, 2.05) is 20.8 Å². The van der Waals surface area contributed by atoms with E-state index in [9.17, 15) is 4.39 Å². The molecule has 1 aromatic carbocycles. The van der Waals surface area contributed by atoms with Crippen LogP contribution in [0.5, 0.6) is 5.75 Å². The standard InChI is InChI=1S/C15H22FNO2/c1-9-6-13(7-10(2)18-9)19-15-5-4-12(16)8-14(15)11(3)17/h4-5,8-11,13H,6-7,17H2,1-3H3/t9?,10?,11-,13?/m1/s1. The summed E-state index contributed by atoms with van der Waals surface area (Å²) in [6, 6.07) is 4.28. The third-order valence-electron chi connectivity index (χ3n) is 3.41. The second kappa shape index (κ2) is 5.88. The average molecular weight is 267 g/mol. The maximum atomic E-state index is 13.3. The normalized spacial score (nSPS) is 29.0. The van der Waals surface area contributed by atoms with Gasteiger partial charge in [-0.1, -0.05) is 0 Å². The molecule has 1 heterocycles. The van der Waals surface area contributed by atoms with Crippen molar-refractivity contribution < 1.29 is 13.9 Å². The van der Waals surface area contributed by atoms with E-state index < -0.39 is 0 Å². The van der Waals surface area contributed by atoms with Crippen LogP contribution < -0.4 is 10.5 Å². The van der Waals surface area contributed by atoms with Crippen molar-refractivity contribution in [1.82, 2.24) is 0 Å². The Bertz CT molecular complexity index is 426. The van der Waals surface area contributed by atoms with E-state index in [2.05, 4.69) is 0 Å². The summed E-state index contributed by atoms with van der Waals surface area (Å²) in [6.45, 7) is 5.92. The molecule has 2 N–H and O–H groups in total. The molecular weight excluding hydrogens is 245 g/mol. The zero-order chi connectivity index (χ0) is 14.0. The van der Waals surface area contributed by atoms with Crippen LogP contribution in [-0.4, -0.2) is 18.3 Å². The Kier molecular flexibility index (Phi) is 4.42. The maximum absolute atomic E-state index is 13.3. The van der Waals surface area contributed by atoms with Crippen LogP contribution in [0.4, 0.5) is 4.39 Å². The van der Waals surface area contributed by atoms with Crippen molar-refractivity contribution in [2.75, 3.05) is 0 Å². The van der Waals surface area contributed by atoms with Gasteiger partial charge >= 0.3 is 0 Å². The summed E-state index contributed by atoms with van der Waals surface area (Å²) in [6.07, 6.45) is 2.17. The number of hydrogen-bond donors (Lipinski definition) is 1. The van der Waals surface area contributed by atoms with E-state index in [1.54, 1.807) is 6.07 Å². The molecule has 1 aliphatic heterocycles. The van der Waals surface area contributed by atoms with E-state index in [1.165, 1.54) is 12.1 Å². The SMILES string of the molecule is CC1CC(Oc2ccc(F)cc2[C@@H](C)N)CC(C)O1. The molecule has 1 fully saturated rings. The third kappa shape index (κ3) is 3.67. The first kappa shape index (κ1) is 14.3. The molecule has 19 heavy (non-hydrogen) atoms. The molecule has 2 rings (SSSR count). The first-order valence-electron chi connectivity index (χ1n) is 6.83. The van der Waals surface area contributed by atoms with Gasteiger partial charge in [0, 0.05) is 24.4 Å². The highest BCUT2D eigenvalue weighted by molar-refractivity contribution is 5.36. The number of hydrogen-bond acceptors (Lipinski definition) is 3. The van der Waals surface area contributed by atoms with Gasteiger partial charge < -0.3 is 15.2 Å². The summed E-state index contributed by atoms with van der Waals surface area (Å²) >= 11 is 0. The van der Waals surface area contributed by atoms with Crippen molar-refractivity contribution >= 4 is 0 Å². The topological polar surface area (TPSA) is 44.5 Å². The molecule has 0 saturated carbocycles. The second-order valence-electron chi connectivity index (χ2n) is 5.44. The largest absolute Gasteiger partial charge is 0.490 e. The Morgan fingerprint density at radius 2 is 1.95 bits per heavy atom. The van der Waals surface area contributed by atoms with Gasteiger partial charge in [-0.2, -0.15) is 0 Å². The zero-order valence-electron chi connectivity index (χ0n) is 11.7. The zero-order valence-corrected chi connectivity index (χ0v) is 11.7. The molecule has 0 aliphatic carbocycles. The van der Waals surface area contributed by atoms with Gasteiger partial charge in [-0.3, -0.25) is 0 Å². The van der Waals surface area contributed by atoms with Gasteiger partial charge in [0.25, 0.3) is 0 Å². The van der Waals surface area contributed by atoms with Crippen LogP contribution >= 0.6 is 0 Å². The van der Waals surface area contributed by atoms with Crippen LogP contribution in [0.2, 0.25) is 0 Å². The summed E-state index contributed by atoms with van der Waals surface area (Å²) in [7, 11) is 0. The summed E-state index contributed by atoms with van der Waals surface area (Å²) in [5.41, 5.74) is 6.59. The van der Waals surface area contributed by atoms with Crippen LogP contribution in [0.3, 0.4) is 0 Å². The number of halogens is 1. The summed E-state index contributed by atoms with van der Waals surface area (Å²) in [5.74, 6) is 0.399. The van der Waals surface area contributed by atoms with Crippen LogP contribution in [0.15, 0.2) is 18.2 Å². The fraction of sp³-hybridized carbons (Fsp3) is 0.600. The Balaban J connectivity index is 2.14. The Labute approximate surface area is 113 Å². The number of nitrogens with two attached hydrogens (primary N) is 1. The van der Waals surface area contributed by atoms with E-state index in [-0.39, 0.29) is 30.2 Å². The fourth-order valence-electron chi connectivity index (χ4n) is 2.60. The highest BCUT2D eigenvalue weighted by atomic mass is 19.1. The van der Waals surface area contributed by atoms with Gasteiger partial charge in [0.15, 0.2) is 0 Å². The molecule has 0 spiro atoms. The first-order chi connectivity index (χ1) is 8.95. The van der Waals surface area contributed by atoms with Crippen molar-refractivity contribution in [2.45, 2.75) is 58.0 Å². The highest BCUT2D eigenvalue weighted by Gasteiger charge is 2.26. The van der Waals surface area contributed by atoms with E-state index >= 15 is 0 Å². The van der Waals surface area contributed by atoms with Crippen LogP contribution in [0.25, 0.3) is 0 Å². The lowest BCUT2D eigenvalue weighted by atomic mass is 10.0. The monoisotopic (exact) mass is 267 g/mol. The summed E-state index contributed by atoms with van der Waals surface area (Å²) in [5, 5.41) is 0.